The fraction of sp³-hybridized carbons (Fsp3) is 0.667. The highest BCUT2D eigenvalue weighted by Crippen LogP contribution is 2.31. The summed E-state index contributed by atoms with van der Waals surface area (Å²) in [6, 6.07) is 7.29. The van der Waals surface area contributed by atoms with Crippen LogP contribution >= 0.6 is 0 Å². The quantitative estimate of drug-likeness (QED) is 0.896. The third kappa shape index (κ3) is 3.67. The van der Waals surface area contributed by atoms with Crippen LogP contribution in [0.15, 0.2) is 24.3 Å². The molecule has 2 aliphatic rings. The lowest BCUT2D eigenvalue weighted by Crippen LogP contribution is -2.49. The van der Waals surface area contributed by atoms with Crippen molar-refractivity contribution < 1.29 is 9.50 Å². The molecule has 0 aromatic heterocycles. The number of hydrogen-bond acceptors (Lipinski definition) is 3. The molecule has 3 nitrogen and oxygen atoms in total. The second-order valence-corrected chi connectivity index (χ2v) is 6.70. The number of benzene rings is 1. The SMILES string of the molecule is OCC(C1CCNCC1)N1CCC(c2ccc(F)cc2)CC1. The first-order valence-electron chi connectivity index (χ1n) is 8.59. The van der Waals surface area contributed by atoms with E-state index in [4.69, 9.17) is 0 Å². The van der Waals surface area contributed by atoms with Crippen LogP contribution in [0.5, 0.6) is 0 Å². The number of rotatable bonds is 4. The predicted molar refractivity (Wildman–Crippen MR) is 86.4 cm³/mol. The first-order valence-corrected chi connectivity index (χ1v) is 8.59. The molecule has 22 heavy (non-hydrogen) atoms. The minimum atomic E-state index is -0.160. The van der Waals surface area contributed by atoms with E-state index in [9.17, 15) is 9.50 Å². The average molecular weight is 306 g/mol. The molecule has 1 aromatic rings. The summed E-state index contributed by atoms with van der Waals surface area (Å²) in [7, 11) is 0. The van der Waals surface area contributed by atoms with E-state index < -0.39 is 0 Å². The van der Waals surface area contributed by atoms with Gasteiger partial charge >= 0.3 is 0 Å². The highest BCUT2D eigenvalue weighted by atomic mass is 19.1. The molecule has 0 amide bonds. The summed E-state index contributed by atoms with van der Waals surface area (Å²) < 4.78 is 13.0. The number of piperidine rings is 2. The number of hydrogen-bond donors (Lipinski definition) is 2. The van der Waals surface area contributed by atoms with Crippen LogP contribution in [0.3, 0.4) is 0 Å². The zero-order valence-electron chi connectivity index (χ0n) is 13.2. The minimum absolute atomic E-state index is 0.160. The zero-order valence-corrected chi connectivity index (χ0v) is 13.2. The van der Waals surface area contributed by atoms with Gasteiger partial charge in [0.05, 0.1) is 6.61 Å². The molecule has 0 aliphatic carbocycles. The van der Waals surface area contributed by atoms with Gasteiger partial charge in [-0.05, 0) is 81.4 Å². The molecule has 0 spiro atoms. The van der Waals surface area contributed by atoms with Crippen molar-refractivity contribution in [3.63, 3.8) is 0 Å². The summed E-state index contributed by atoms with van der Waals surface area (Å²) in [5, 5.41) is 13.2. The van der Waals surface area contributed by atoms with Crippen LogP contribution in [0.1, 0.15) is 37.2 Å². The van der Waals surface area contributed by atoms with Crippen molar-refractivity contribution in [2.45, 2.75) is 37.6 Å². The highest BCUT2D eigenvalue weighted by Gasteiger charge is 2.31. The molecule has 0 radical (unpaired) electrons. The summed E-state index contributed by atoms with van der Waals surface area (Å²) in [4.78, 5) is 2.48. The Balaban J connectivity index is 1.56. The lowest BCUT2D eigenvalue weighted by atomic mass is 9.85. The lowest BCUT2D eigenvalue weighted by Gasteiger charge is -2.41. The van der Waals surface area contributed by atoms with Crippen molar-refractivity contribution in [3.8, 4) is 0 Å². The Labute approximate surface area is 132 Å². The van der Waals surface area contributed by atoms with Gasteiger partial charge in [0.2, 0.25) is 0 Å². The molecule has 1 unspecified atom stereocenters. The van der Waals surface area contributed by atoms with Crippen molar-refractivity contribution in [1.82, 2.24) is 10.2 Å². The number of halogens is 1. The molecule has 122 valence electrons. The average Bonchev–Trinajstić information content (AvgIpc) is 2.58. The monoisotopic (exact) mass is 306 g/mol. The second kappa shape index (κ2) is 7.53. The van der Waals surface area contributed by atoms with E-state index in [1.807, 2.05) is 12.1 Å². The molecule has 2 heterocycles. The van der Waals surface area contributed by atoms with Crippen LogP contribution in [0.25, 0.3) is 0 Å². The van der Waals surface area contributed by atoms with Gasteiger partial charge in [-0.1, -0.05) is 12.1 Å². The molecule has 4 heteroatoms. The van der Waals surface area contributed by atoms with Crippen molar-refractivity contribution in [1.29, 1.82) is 0 Å². The van der Waals surface area contributed by atoms with E-state index in [2.05, 4.69) is 10.2 Å². The normalized spacial score (nSPS) is 23.5. The molecule has 0 bridgehead atoms. The van der Waals surface area contributed by atoms with E-state index in [0.29, 0.717) is 17.9 Å². The molecule has 1 aromatic carbocycles. The Kier molecular flexibility index (Phi) is 5.45. The molecule has 3 rings (SSSR count). The zero-order chi connectivity index (χ0) is 15.4. The van der Waals surface area contributed by atoms with Gasteiger partial charge in [-0.25, -0.2) is 4.39 Å². The van der Waals surface area contributed by atoms with Gasteiger partial charge in [0.25, 0.3) is 0 Å². The fourth-order valence-corrected chi connectivity index (χ4v) is 4.09. The molecular formula is C18H27FN2O. The molecule has 2 saturated heterocycles. The number of aliphatic hydroxyl groups is 1. The Morgan fingerprint density at radius 3 is 2.32 bits per heavy atom. The van der Waals surface area contributed by atoms with Crippen molar-refractivity contribution in [3.05, 3.63) is 35.6 Å². The highest BCUT2D eigenvalue weighted by molar-refractivity contribution is 5.21. The van der Waals surface area contributed by atoms with Crippen LogP contribution in [-0.4, -0.2) is 48.8 Å². The van der Waals surface area contributed by atoms with Gasteiger partial charge in [-0.15, -0.1) is 0 Å². The summed E-state index contributed by atoms with van der Waals surface area (Å²) in [5.74, 6) is 0.991. The maximum atomic E-state index is 13.0. The Morgan fingerprint density at radius 1 is 1.09 bits per heavy atom. The fourth-order valence-electron chi connectivity index (χ4n) is 4.09. The van der Waals surface area contributed by atoms with Crippen molar-refractivity contribution >= 4 is 0 Å². The largest absolute Gasteiger partial charge is 0.395 e. The number of nitrogens with one attached hydrogen (secondary N) is 1. The smallest absolute Gasteiger partial charge is 0.123 e. The molecular weight excluding hydrogens is 279 g/mol. The van der Waals surface area contributed by atoms with Gasteiger partial charge in [0.1, 0.15) is 5.82 Å². The standard InChI is InChI=1S/C18H27FN2O/c19-17-3-1-14(2-4-17)15-7-11-21(12-8-15)18(13-22)16-5-9-20-10-6-16/h1-4,15-16,18,20,22H,5-13H2. The van der Waals surface area contributed by atoms with Crippen LogP contribution in [0.2, 0.25) is 0 Å². The van der Waals surface area contributed by atoms with E-state index in [1.165, 1.54) is 18.4 Å². The minimum Gasteiger partial charge on any atom is -0.395 e. The van der Waals surface area contributed by atoms with Crippen LogP contribution in [-0.2, 0) is 0 Å². The third-order valence-electron chi connectivity index (χ3n) is 5.45. The van der Waals surface area contributed by atoms with E-state index in [1.54, 1.807) is 12.1 Å². The van der Waals surface area contributed by atoms with Gasteiger partial charge in [-0.2, -0.15) is 0 Å². The maximum absolute atomic E-state index is 13.0. The van der Waals surface area contributed by atoms with E-state index in [-0.39, 0.29) is 12.4 Å². The van der Waals surface area contributed by atoms with Crippen LogP contribution in [0, 0.1) is 11.7 Å². The first kappa shape index (κ1) is 15.9. The predicted octanol–water partition coefficient (Wildman–Crippen LogP) is 2.37. The first-order chi connectivity index (χ1) is 10.8. The van der Waals surface area contributed by atoms with E-state index >= 15 is 0 Å². The van der Waals surface area contributed by atoms with Crippen molar-refractivity contribution in [2.75, 3.05) is 32.8 Å². The van der Waals surface area contributed by atoms with Gasteiger partial charge in [-0.3, -0.25) is 4.90 Å². The van der Waals surface area contributed by atoms with Gasteiger partial charge in [0.15, 0.2) is 0 Å². The van der Waals surface area contributed by atoms with Crippen LogP contribution < -0.4 is 5.32 Å². The van der Waals surface area contributed by atoms with Crippen LogP contribution in [0.4, 0.5) is 4.39 Å². The van der Waals surface area contributed by atoms with E-state index in [0.717, 1.165) is 39.0 Å². The summed E-state index contributed by atoms with van der Waals surface area (Å²) in [5.41, 5.74) is 1.25. The third-order valence-corrected chi connectivity index (χ3v) is 5.45. The summed E-state index contributed by atoms with van der Waals surface area (Å²) in [6.45, 7) is 4.50. The summed E-state index contributed by atoms with van der Waals surface area (Å²) in [6.07, 6.45) is 4.55. The number of likely N-dealkylation sites (tertiary alicyclic amines) is 1. The Morgan fingerprint density at radius 2 is 1.73 bits per heavy atom. The molecule has 2 fully saturated rings. The number of nitrogens with zero attached hydrogens (tertiary/aromatic N) is 1. The lowest BCUT2D eigenvalue weighted by molar-refractivity contribution is 0.0496. The number of aliphatic hydroxyl groups excluding tert-OH is 1. The Bertz CT molecular complexity index is 451. The molecule has 0 saturated carbocycles. The Hall–Kier alpha value is -0.970. The topological polar surface area (TPSA) is 35.5 Å². The second-order valence-electron chi connectivity index (χ2n) is 6.70. The maximum Gasteiger partial charge on any atom is 0.123 e. The molecule has 2 N–H and O–H groups in total. The molecule has 1 atom stereocenters. The van der Waals surface area contributed by atoms with Gasteiger partial charge < -0.3 is 10.4 Å². The molecule has 2 aliphatic heterocycles. The van der Waals surface area contributed by atoms with Gasteiger partial charge in [0, 0.05) is 6.04 Å². The van der Waals surface area contributed by atoms with Crippen molar-refractivity contribution in [2.24, 2.45) is 5.92 Å². The summed E-state index contributed by atoms with van der Waals surface area (Å²) >= 11 is 0.